The van der Waals surface area contributed by atoms with E-state index >= 15 is 0 Å². The third-order valence-electron chi connectivity index (χ3n) is 5.13. The molecule has 6 nitrogen and oxygen atoms in total. The molecule has 0 saturated heterocycles. The van der Waals surface area contributed by atoms with Gasteiger partial charge in [-0.3, -0.25) is 9.20 Å². The molecule has 0 N–H and O–H groups in total. The van der Waals surface area contributed by atoms with Gasteiger partial charge in [-0.15, -0.1) is 10.2 Å². The average molecular weight is 484 g/mol. The van der Waals surface area contributed by atoms with Crippen LogP contribution in [-0.2, 0) is 0 Å². The fourth-order valence-corrected chi connectivity index (χ4v) is 4.83. The van der Waals surface area contributed by atoms with E-state index in [0.29, 0.717) is 10.9 Å². The van der Waals surface area contributed by atoms with E-state index in [1.165, 1.54) is 11.8 Å². The number of halogens is 1. The first-order valence-corrected chi connectivity index (χ1v) is 11.3. The average Bonchev–Trinajstić information content (AvgIpc) is 3.22. The maximum Gasteiger partial charge on any atom is 0.256 e. The van der Waals surface area contributed by atoms with Gasteiger partial charge < -0.3 is 4.57 Å². The van der Waals surface area contributed by atoms with E-state index in [-0.39, 0.29) is 11.5 Å². The summed E-state index contributed by atoms with van der Waals surface area (Å²) < 4.78 is 5.08. The molecule has 8 heteroatoms. The summed E-state index contributed by atoms with van der Waals surface area (Å²) in [5.74, 6) is 0.923. The van der Waals surface area contributed by atoms with Crippen LogP contribution in [-0.4, -0.2) is 35.7 Å². The number of rotatable bonds is 5. The van der Waals surface area contributed by atoms with Crippen molar-refractivity contribution in [2.75, 3.05) is 5.75 Å². The second-order valence-electron chi connectivity index (χ2n) is 7.42. The minimum Gasteiger partial charge on any atom is -0.318 e. The molecular formula is C22H22BrN5OS. The number of Topliss-reactive ketones (excluding diaryl/α,β-unsaturated/α-hetero) is 1. The summed E-state index contributed by atoms with van der Waals surface area (Å²) in [6.07, 6.45) is 0. The van der Waals surface area contributed by atoms with Gasteiger partial charge in [-0.1, -0.05) is 27.7 Å². The Morgan fingerprint density at radius 3 is 2.53 bits per heavy atom. The van der Waals surface area contributed by atoms with Gasteiger partial charge in [-0.25, -0.2) is 4.98 Å². The highest BCUT2D eigenvalue weighted by Crippen LogP contribution is 2.26. The van der Waals surface area contributed by atoms with E-state index in [1.54, 1.807) is 0 Å². The van der Waals surface area contributed by atoms with Gasteiger partial charge in [0, 0.05) is 38.5 Å². The van der Waals surface area contributed by atoms with Crippen LogP contribution in [0.3, 0.4) is 0 Å². The van der Waals surface area contributed by atoms with Crippen molar-refractivity contribution in [1.29, 1.82) is 0 Å². The number of aryl methyl sites for hydroxylation is 4. The normalized spacial score (nSPS) is 11.4. The zero-order chi connectivity index (χ0) is 21.6. The van der Waals surface area contributed by atoms with Crippen LogP contribution in [0.25, 0.3) is 11.5 Å². The molecule has 0 atom stereocenters. The Labute approximate surface area is 187 Å². The molecule has 0 bridgehead atoms. The van der Waals surface area contributed by atoms with Crippen LogP contribution in [0.1, 0.15) is 38.7 Å². The van der Waals surface area contributed by atoms with Gasteiger partial charge in [0.1, 0.15) is 0 Å². The zero-order valence-electron chi connectivity index (χ0n) is 17.5. The van der Waals surface area contributed by atoms with Crippen molar-refractivity contribution < 1.29 is 4.79 Å². The monoisotopic (exact) mass is 483 g/mol. The minimum absolute atomic E-state index is 0.0719. The molecule has 0 saturated carbocycles. The number of nitrogens with zero attached hydrogens (tertiary/aromatic N) is 5. The molecule has 3 aromatic heterocycles. The number of benzene rings is 1. The van der Waals surface area contributed by atoms with Crippen molar-refractivity contribution in [3.05, 3.63) is 68.7 Å². The number of fused-ring (bicyclic) bond motifs is 1. The summed E-state index contributed by atoms with van der Waals surface area (Å²) in [5, 5.41) is 9.05. The molecule has 0 radical (unpaired) electrons. The highest BCUT2D eigenvalue weighted by molar-refractivity contribution is 9.10. The fraction of sp³-hybridized carbons (Fsp3) is 0.273. The van der Waals surface area contributed by atoms with Gasteiger partial charge in [-0.05, 0) is 70.5 Å². The molecule has 0 aliphatic carbocycles. The van der Waals surface area contributed by atoms with Gasteiger partial charge in [0.2, 0.25) is 0 Å². The summed E-state index contributed by atoms with van der Waals surface area (Å²) in [6.45, 7) is 10.0. The van der Waals surface area contributed by atoms with Crippen molar-refractivity contribution in [2.45, 2.75) is 39.8 Å². The third-order valence-corrected chi connectivity index (χ3v) is 6.95. The number of hydrogen-bond acceptors (Lipinski definition) is 5. The topological polar surface area (TPSA) is 65.1 Å². The lowest BCUT2D eigenvalue weighted by molar-refractivity contribution is 0.102. The van der Waals surface area contributed by atoms with Gasteiger partial charge in [-0.2, -0.15) is 0 Å². The third kappa shape index (κ3) is 3.70. The molecule has 0 amide bonds. The van der Waals surface area contributed by atoms with Crippen molar-refractivity contribution in [3.63, 3.8) is 0 Å². The molecule has 0 fully saturated rings. The Hall–Kier alpha value is -2.45. The number of carbonyl (C=O) groups is 1. The second-order valence-corrected chi connectivity index (χ2v) is 9.22. The van der Waals surface area contributed by atoms with Crippen molar-refractivity contribution in [3.8, 4) is 5.69 Å². The summed E-state index contributed by atoms with van der Waals surface area (Å²) in [4.78, 5) is 17.4. The van der Waals surface area contributed by atoms with Gasteiger partial charge in [0.05, 0.1) is 5.75 Å². The molecule has 1 aromatic carbocycles. The molecule has 0 aliphatic rings. The summed E-state index contributed by atoms with van der Waals surface area (Å²) in [6, 6.07) is 10.2. The second kappa shape index (κ2) is 8.00. The minimum atomic E-state index is 0.0719. The Morgan fingerprint density at radius 2 is 1.80 bits per heavy atom. The molecule has 30 heavy (non-hydrogen) atoms. The number of carbonyl (C=O) groups excluding carboxylic acids is 1. The molecule has 0 aliphatic heterocycles. The molecule has 0 spiro atoms. The molecule has 154 valence electrons. The van der Waals surface area contributed by atoms with E-state index < -0.39 is 0 Å². The van der Waals surface area contributed by atoms with Crippen molar-refractivity contribution in [2.24, 2.45) is 0 Å². The van der Waals surface area contributed by atoms with Gasteiger partial charge in [0.15, 0.2) is 10.9 Å². The highest BCUT2D eigenvalue weighted by Gasteiger charge is 2.19. The van der Waals surface area contributed by atoms with Crippen LogP contribution in [0.15, 0.2) is 40.0 Å². The SMILES string of the molecule is Cc1cc(C)n2c(SCC(=O)c3cc(C)n(-c4ccc(Br)c(C)c4)c3C)nnc2n1. The largest absolute Gasteiger partial charge is 0.318 e. The fourth-order valence-electron chi connectivity index (χ4n) is 3.71. The van der Waals surface area contributed by atoms with Crippen LogP contribution in [0.2, 0.25) is 0 Å². The maximum atomic E-state index is 13.0. The molecule has 4 aromatic rings. The summed E-state index contributed by atoms with van der Waals surface area (Å²) >= 11 is 4.94. The predicted octanol–water partition coefficient (Wildman–Crippen LogP) is 5.19. The summed E-state index contributed by atoms with van der Waals surface area (Å²) in [7, 11) is 0. The van der Waals surface area contributed by atoms with Crippen LogP contribution in [0.4, 0.5) is 0 Å². The Morgan fingerprint density at radius 1 is 1.03 bits per heavy atom. The first-order chi connectivity index (χ1) is 14.3. The van der Waals surface area contributed by atoms with E-state index in [9.17, 15) is 4.79 Å². The number of hydrogen-bond donors (Lipinski definition) is 0. The first kappa shape index (κ1) is 20.8. The lowest BCUT2D eigenvalue weighted by atomic mass is 10.2. The highest BCUT2D eigenvalue weighted by atomic mass is 79.9. The standard InChI is InChI=1S/C22H22BrN5OS/c1-12-8-17(6-7-19(12)23)27-15(4)10-18(16(27)5)20(29)11-30-22-26-25-21-24-13(2)9-14(3)28(21)22/h6-10H,11H2,1-5H3. The van der Waals surface area contributed by atoms with E-state index in [4.69, 9.17) is 0 Å². The molecular weight excluding hydrogens is 462 g/mol. The Bertz CT molecular complexity index is 1290. The van der Waals surface area contributed by atoms with E-state index in [0.717, 1.165) is 44.1 Å². The maximum absolute atomic E-state index is 13.0. The van der Waals surface area contributed by atoms with Crippen LogP contribution < -0.4 is 0 Å². The Kier molecular flexibility index (Phi) is 5.55. The number of aromatic nitrogens is 5. The lowest BCUT2D eigenvalue weighted by Gasteiger charge is -2.11. The smallest absolute Gasteiger partial charge is 0.256 e. The van der Waals surface area contributed by atoms with Gasteiger partial charge >= 0.3 is 0 Å². The predicted molar refractivity (Wildman–Crippen MR) is 123 cm³/mol. The molecule has 4 rings (SSSR count). The zero-order valence-corrected chi connectivity index (χ0v) is 19.9. The van der Waals surface area contributed by atoms with Crippen molar-refractivity contribution >= 4 is 39.3 Å². The van der Waals surface area contributed by atoms with E-state index in [1.807, 2.05) is 50.3 Å². The number of ketones is 1. The molecule has 0 unspecified atom stereocenters. The van der Waals surface area contributed by atoms with E-state index in [2.05, 4.69) is 54.7 Å². The lowest BCUT2D eigenvalue weighted by Crippen LogP contribution is -2.06. The summed E-state index contributed by atoms with van der Waals surface area (Å²) in [5.41, 5.74) is 6.82. The van der Waals surface area contributed by atoms with Crippen molar-refractivity contribution in [1.82, 2.24) is 24.1 Å². The van der Waals surface area contributed by atoms with Crippen LogP contribution in [0.5, 0.6) is 0 Å². The Balaban J connectivity index is 1.60. The quantitative estimate of drug-likeness (QED) is 0.288. The first-order valence-electron chi connectivity index (χ1n) is 9.57. The number of thioether (sulfide) groups is 1. The van der Waals surface area contributed by atoms with Gasteiger partial charge in [0.25, 0.3) is 5.78 Å². The van der Waals surface area contributed by atoms with Crippen LogP contribution in [0, 0.1) is 34.6 Å². The molecule has 3 heterocycles. The van der Waals surface area contributed by atoms with Crippen LogP contribution >= 0.6 is 27.7 Å².